The van der Waals surface area contributed by atoms with Crippen LogP contribution in [-0.2, 0) is 4.79 Å². The minimum absolute atomic E-state index is 0.0373. The predicted octanol–water partition coefficient (Wildman–Crippen LogP) is 1.45. The van der Waals surface area contributed by atoms with Crippen LogP contribution < -0.4 is 10.6 Å². The van der Waals surface area contributed by atoms with Gasteiger partial charge >= 0.3 is 0 Å². The highest BCUT2D eigenvalue weighted by molar-refractivity contribution is 5.95. The third-order valence-electron chi connectivity index (χ3n) is 3.43. The maximum absolute atomic E-state index is 11.8. The van der Waals surface area contributed by atoms with Crippen LogP contribution in [0.15, 0.2) is 30.3 Å². The van der Waals surface area contributed by atoms with Gasteiger partial charge in [-0.25, -0.2) is 0 Å². The second-order valence-corrected chi connectivity index (χ2v) is 4.92. The van der Waals surface area contributed by atoms with E-state index < -0.39 is 0 Å². The third kappa shape index (κ3) is 2.13. The number of aromatic amines is 1. The highest BCUT2D eigenvalue weighted by Crippen LogP contribution is 2.26. The molecule has 2 aromatic rings. The number of nitrogens with one attached hydrogen (secondary N) is 1. The van der Waals surface area contributed by atoms with Crippen LogP contribution >= 0.6 is 0 Å². The van der Waals surface area contributed by atoms with E-state index in [0.29, 0.717) is 18.8 Å². The zero-order chi connectivity index (χ0) is 13.4. The van der Waals surface area contributed by atoms with E-state index in [1.807, 2.05) is 37.3 Å². The van der Waals surface area contributed by atoms with Gasteiger partial charge in [-0.3, -0.25) is 14.8 Å². The fraction of sp³-hybridized carbons (Fsp3) is 0.286. The van der Waals surface area contributed by atoms with Crippen molar-refractivity contribution in [3.8, 4) is 11.3 Å². The maximum Gasteiger partial charge on any atom is 0.229 e. The minimum atomic E-state index is -0.0916. The normalized spacial score (nSPS) is 19.2. The van der Waals surface area contributed by atoms with Crippen molar-refractivity contribution in [2.24, 2.45) is 5.73 Å². The first-order valence-corrected chi connectivity index (χ1v) is 6.32. The largest absolute Gasteiger partial charge is 0.326 e. The molecule has 0 radical (unpaired) electrons. The van der Waals surface area contributed by atoms with Crippen molar-refractivity contribution in [3.63, 3.8) is 0 Å². The number of hydrogen-bond acceptors (Lipinski definition) is 3. The molecule has 1 unspecified atom stereocenters. The molecule has 0 bridgehead atoms. The van der Waals surface area contributed by atoms with Gasteiger partial charge < -0.3 is 5.73 Å². The summed E-state index contributed by atoms with van der Waals surface area (Å²) in [4.78, 5) is 13.4. The van der Waals surface area contributed by atoms with E-state index in [2.05, 4.69) is 10.2 Å². The van der Waals surface area contributed by atoms with Crippen LogP contribution in [0, 0.1) is 6.92 Å². The van der Waals surface area contributed by atoms with Gasteiger partial charge in [0.25, 0.3) is 0 Å². The lowest BCUT2D eigenvalue weighted by molar-refractivity contribution is -0.117. The number of anilines is 1. The fourth-order valence-electron chi connectivity index (χ4n) is 2.42. The first-order chi connectivity index (χ1) is 9.15. The van der Waals surface area contributed by atoms with Crippen LogP contribution in [-0.4, -0.2) is 28.7 Å². The Balaban J connectivity index is 1.92. The van der Waals surface area contributed by atoms with Gasteiger partial charge in [-0.05, 0) is 12.5 Å². The average molecular weight is 256 g/mol. The number of nitrogens with zero attached hydrogens (tertiary/aromatic N) is 2. The summed E-state index contributed by atoms with van der Waals surface area (Å²) in [5, 5.41) is 7.22. The van der Waals surface area contributed by atoms with Crippen molar-refractivity contribution < 1.29 is 4.79 Å². The molecule has 1 atom stereocenters. The van der Waals surface area contributed by atoms with Crippen molar-refractivity contribution in [2.75, 3.05) is 11.4 Å². The molecule has 1 fully saturated rings. The maximum atomic E-state index is 11.8. The summed E-state index contributed by atoms with van der Waals surface area (Å²) in [5.41, 5.74) is 8.98. The van der Waals surface area contributed by atoms with Crippen LogP contribution in [0.2, 0.25) is 0 Å². The Morgan fingerprint density at radius 3 is 2.89 bits per heavy atom. The molecule has 1 saturated heterocycles. The van der Waals surface area contributed by atoms with Crippen molar-refractivity contribution in [1.29, 1.82) is 0 Å². The minimum Gasteiger partial charge on any atom is -0.326 e. The number of carbonyl (C=O) groups excluding carboxylic acids is 1. The monoisotopic (exact) mass is 256 g/mol. The molecule has 5 nitrogen and oxygen atoms in total. The molecule has 0 aliphatic carbocycles. The van der Waals surface area contributed by atoms with E-state index >= 15 is 0 Å². The van der Waals surface area contributed by atoms with Crippen LogP contribution in [0.4, 0.5) is 5.82 Å². The highest BCUT2D eigenvalue weighted by Gasteiger charge is 2.29. The van der Waals surface area contributed by atoms with Crippen molar-refractivity contribution in [1.82, 2.24) is 10.2 Å². The van der Waals surface area contributed by atoms with Gasteiger partial charge in [0.15, 0.2) is 5.82 Å². The Bertz CT molecular complexity index is 619. The summed E-state index contributed by atoms with van der Waals surface area (Å²) < 4.78 is 0. The summed E-state index contributed by atoms with van der Waals surface area (Å²) in [5.74, 6) is 0.687. The van der Waals surface area contributed by atoms with Gasteiger partial charge in [-0.15, -0.1) is 0 Å². The van der Waals surface area contributed by atoms with Crippen LogP contribution in [0.5, 0.6) is 0 Å². The van der Waals surface area contributed by atoms with E-state index in [4.69, 9.17) is 5.73 Å². The lowest BCUT2D eigenvalue weighted by Crippen LogP contribution is -2.28. The zero-order valence-electron chi connectivity index (χ0n) is 10.8. The molecule has 1 aromatic carbocycles. The smallest absolute Gasteiger partial charge is 0.229 e. The lowest BCUT2D eigenvalue weighted by Gasteiger charge is -2.11. The van der Waals surface area contributed by atoms with Crippen LogP contribution in [0.3, 0.4) is 0 Å². The lowest BCUT2D eigenvalue weighted by atomic mass is 10.1. The topological polar surface area (TPSA) is 75.0 Å². The Hall–Kier alpha value is -2.14. The molecule has 0 spiro atoms. The summed E-state index contributed by atoms with van der Waals surface area (Å²) in [6, 6.07) is 9.87. The van der Waals surface area contributed by atoms with E-state index in [-0.39, 0.29) is 11.9 Å². The Morgan fingerprint density at radius 1 is 1.42 bits per heavy atom. The molecule has 3 rings (SSSR count). The van der Waals surface area contributed by atoms with Gasteiger partial charge in [-0.1, -0.05) is 24.3 Å². The molecule has 1 aliphatic heterocycles. The number of carbonyl (C=O) groups is 1. The first kappa shape index (κ1) is 11.9. The third-order valence-corrected chi connectivity index (χ3v) is 3.43. The van der Waals surface area contributed by atoms with Crippen molar-refractivity contribution in [2.45, 2.75) is 19.4 Å². The first-order valence-electron chi connectivity index (χ1n) is 6.32. The number of aromatic nitrogens is 2. The Labute approximate surface area is 111 Å². The summed E-state index contributed by atoms with van der Waals surface area (Å²) in [6.07, 6.45) is 0.395. The number of H-pyrrole nitrogens is 1. The number of hydrogen-bond donors (Lipinski definition) is 2. The zero-order valence-corrected chi connectivity index (χ0v) is 10.8. The van der Waals surface area contributed by atoms with E-state index in [0.717, 1.165) is 11.3 Å². The molecule has 1 amide bonds. The summed E-state index contributed by atoms with van der Waals surface area (Å²) in [6.45, 7) is 2.59. The molecule has 3 N–H and O–H groups in total. The number of amides is 1. The van der Waals surface area contributed by atoms with E-state index in [9.17, 15) is 4.79 Å². The molecular formula is C14H16N4O. The van der Waals surface area contributed by atoms with Crippen molar-refractivity contribution in [3.05, 3.63) is 35.9 Å². The quantitative estimate of drug-likeness (QED) is 0.854. The molecular weight excluding hydrogens is 240 g/mol. The fourth-order valence-corrected chi connectivity index (χ4v) is 2.42. The average Bonchev–Trinajstić information content (AvgIpc) is 2.96. The Kier molecular flexibility index (Phi) is 2.83. The standard InChI is InChI=1S/C14H16N4O/c1-9-4-2-3-5-11(9)12-7-13(17-16-12)18-8-10(15)6-14(18)19/h2-5,7,10H,6,8,15H2,1H3,(H,16,17). The Morgan fingerprint density at radius 2 is 2.21 bits per heavy atom. The number of nitrogens with two attached hydrogens (primary N) is 1. The SMILES string of the molecule is Cc1ccccc1-c1cc(N2CC(N)CC2=O)n[nH]1. The van der Waals surface area contributed by atoms with Gasteiger partial charge in [0.2, 0.25) is 5.91 Å². The van der Waals surface area contributed by atoms with Gasteiger partial charge in [0, 0.05) is 30.6 Å². The molecule has 5 heteroatoms. The summed E-state index contributed by atoms with van der Waals surface area (Å²) in [7, 11) is 0. The molecule has 1 aromatic heterocycles. The predicted molar refractivity (Wildman–Crippen MR) is 73.7 cm³/mol. The van der Waals surface area contributed by atoms with Gasteiger partial charge in [0.1, 0.15) is 0 Å². The van der Waals surface area contributed by atoms with Crippen LogP contribution in [0.25, 0.3) is 11.3 Å². The molecule has 1 aliphatic rings. The number of aryl methyl sites for hydroxylation is 1. The molecule has 0 saturated carbocycles. The van der Waals surface area contributed by atoms with E-state index in [1.165, 1.54) is 5.56 Å². The second kappa shape index (κ2) is 4.51. The number of benzene rings is 1. The highest BCUT2D eigenvalue weighted by atomic mass is 16.2. The van der Waals surface area contributed by atoms with Gasteiger partial charge in [-0.2, -0.15) is 5.10 Å². The number of rotatable bonds is 2. The molecule has 2 heterocycles. The summed E-state index contributed by atoms with van der Waals surface area (Å²) >= 11 is 0. The van der Waals surface area contributed by atoms with Crippen LogP contribution in [0.1, 0.15) is 12.0 Å². The second-order valence-electron chi connectivity index (χ2n) is 4.92. The van der Waals surface area contributed by atoms with Gasteiger partial charge in [0.05, 0.1) is 5.69 Å². The molecule has 98 valence electrons. The van der Waals surface area contributed by atoms with Crippen molar-refractivity contribution >= 4 is 11.7 Å². The van der Waals surface area contributed by atoms with E-state index in [1.54, 1.807) is 4.90 Å². The molecule has 19 heavy (non-hydrogen) atoms.